The number of fused-ring (bicyclic) bond motifs is 3. The van der Waals surface area contributed by atoms with Crippen LogP contribution in [0.5, 0.6) is 0 Å². The molecule has 31 heavy (non-hydrogen) atoms. The van der Waals surface area contributed by atoms with E-state index in [0.29, 0.717) is 44.3 Å². The minimum atomic E-state index is -0.520. The zero-order chi connectivity index (χ0) is 21.1. The summed E-state index contributed by atoms with van der Waals surface area (Å²) >= 11 is 7.40. The van der Waals surface area contributed by atoms with Gasteiger partial charge in [0.2, 0.25) is 0 Å². The third-order valence-corrected chi connectivity index (χ3v) is 6.88. The number of halogens is 2. The minimum absolute atomic E-state index is 0.198. The van der Waals surface area contributed by atoms with E-state index in [4.69, 9.17) is 11.6 Å². The van der Waals surface area contributed by atoms with Crippen LogP contribution in [-0.2, 0) is 6.42 Å². The lowest BCUT2D eigenvalue weighted by Gasteiger charge is -2.33. The number of aromatic nitrogens is 5. The van der Waals surface area contributed by atoms with Crippen LogP contribution in [0.2, 0.25) is 5.02 Å². The molecule has 7 nitrogen and oxygen atoms in total. The number of carbonyl (C=O) groups is 1. The quantitative estimate of drug-likeness (QED) is 0.434. The molecule has 0 fully saturated rings. The number of benzene rings is 1. The highest BCUT2D eigenvalue weighted by Gasteiger charge is 2.37. The fraction of sp³-hybridized carbons (Fsp3) is 0.143. The molecule has 0 saturated heterocycles. The summed E-state index contributed by atoms with van der Waals surface area (Å²) < 4.78 is 16.4. The molecule has 0 spiro atoms. The number of thiazole rings is 1. The largest absolute Gasteiger partial charge is 0.348 e. The predicted molar refractivity (Wildman–Crippen MR) is 115 cm³/mol. The van der Waals surface area contributed by atoms with Gasteiger partial charge in [0.05, 0.1) is 39.5 Å². The summed E-state index contributed by atoms with van der Waals surface area (Å²) in [6.45, 7) is 0.467. The number of aromatic amines is 1. The molecule has 0 radical (unpaired) electrons. The summed E-state index contributed by atoms with van der Waals surface area (Å²) in [5, 5.41) is 5.42. The zero-order valence-corrected chi connectivity index (χ0v) is 17.5. The van der Waals surface area contributed by atoms with E-state index in [0.717, 1.165) is 11.4 Å². The Kier molecular flexibility index (Phi) is 4.09. The van der Waals surface area contributed by atoms with Gasteiger partial charge in [-0.15, -0.1) is 11.3 Å². The zero-order valence-electron chi connectivity index (χ0n) is 15.9. The van der Waals surface area contributed by atoms with Gasteiger partial charge in [-0.3, -0.25) is 4.79 Å². The van der Waals surface area contributed by atoms with Gasteiger partial charge >= 0.3 is 0 Å². The Labute approximate surface area is 184 Å². The molecular weight excluding hydrogens is 439 g/mol. The molecule has 1 aliphatic rings. The lowest BCUT2D eigenvalue weighted by Crippen LogP contribution is -2.40. The number of rotatable bonds is 2. The molecule has 0 unspecified atom stereocenters. The highest BCUT2D eigenvalue weighted by molar-refractivity contribution is 7.18. The van der Waals surface area contributed by atoms with E-state index in [-0.39, 0.29) is 11.7 Å². The van der Waals surface area contributed by atoms with Crippen LogP contribution in [-0.4, -0.2) is 41.9 Å². The third-order valence-electron chi connectivity index (χ3n) is 5.52. The van der Waals surface area contributed by atoms with Crippen molar-refractivity contribution in [3.8, 4) is 0 Å². The van der Waals surface area contributed by atoms with Crippen molar-refractivity contribution in [1.82, 2.24) is 29.5 Å². The predicted octanol–water partition coefficient (Wildman–Crippen LogP) is 4.25. The van der Waals surface area contributed by atoms with Gasteiger partial charge in [-0.05, 0) is 24.3 Å². The molecule has 5 aromatic rings. The highest BCUT2D eigenvalue weighted by Crippen LogP contribution is 2.39. The van der Waals surface area contributed by atoms with Crippen molar-refractivity contribution in [2.75, 3.05) is 6.54 Å². The van der Waals surface area contributed by atoms with Crippen molar-refractivity contribution in [2.45, 2.75) is 12.5 Å². The molecule has 1 aromatic carbocycles. The molecule has 4 aromatic heterocycles. The minimum Gasteiger partial charge on any atom is -0.348 e. The van der Waals surface area contributed by atoms with Crippen LogP contribution < -0.4 is 0 Å². The molecule has 5 heterocycles. The molecular formula is C21H14ClFN6OS. The van der Waals surface area contributed by atoms with Crippen molar-refractivity contribution < 1.29 is 9.18 Å². The van der Waals surface area contributed by atoms with Gasteiger partial charge in [-0.1, -0.05) is 17.7 Å². The van der Waals surface area contributed by atoms with Gasteiger partial charge in [0.25, 0.3) is 5.91 Å². The number of nitrogens with zero attached hydrogens (tertiary/aromatic N) is 5. The SMILES string of the molecule is O=C(c1cnn2ccc(Cl)cc12)N1CCc2[nH]cnc2[C@H]1c1nc2cccc(F)c2s1. The van der Waals surface area contributed by atoms with Crippen LogP contribution in [0, 0.1) is 5.82 Å². The molecule has 10 heteroatoms. The van der Waals surface area contributed by atoms with E-state index in [2.05, 4.69) is 20.1 Å². The van der Waals surface area contributed by atoms with Gasteiger partial charge in [0, 0.05) is 29.9 Å². The Bertz CT molecular complexity index is 1470. The average molecular weight is 453 g/mol. The van der Waals surface area contributed by atoms with E-state index in [1.165, 1.54) is 17.4 Å². The summed E-state index contributed by atoms with van der Waals surface area (Å²) in [5.41, 5.74) is 3.32. The van der Waals surface area contributed by atoms with Crippen molar-refractivity contribution in [2.24, 2.45) is 0 Å². The van der Waals surface area contributed by atoms with Crippen LogP contribution in [0.15, 0.2) is 49.1 Å². The Hall–Kier alpha value is -3.30. The first-order valence-corrected chi connectivity index (χ1v) is 10.8. The summed E-state index contributed by atoms with van der Waals surface area (Å²) in [6, 6.07) is 7.73. The smallest absolute Gasteiger partial charge is 0.258 e. The second-order valence-electron chi connectivity index (χ2n) is 7.29. The van der Waals surface area contributed by atoms with Gasteiger partial charge in [-0.25, -0.2) is 18.9 Å². The Morgan fingerprint density at radius 1 is 1.32 bits per heavy atom. The lowest BCUT2D eigenvalue weighted by molar-refractivity contribution is 0.0692. The van der Waals surface area contributed by atoms with Gasteiger partial charge in [0.15, 0.2) is 0 Å². The number of hydrogen-bond donors (Lipinski definition) is 1. The third kappa shape index (κ3) is 2.84. The molecule has 6 rings (SSSR count). The second-order valence-corrected chi connectivity index (χ2v) is 8.76. The van der Waals surface area contributed by atoms with Crippen LogP contribution >= 0.6 is 22.9 Å². The van der Waals surface area contributed by atoms with Crippen LogP contribution in [0.3, 0.4) is 0 Å². The first kappa shape index (κ1) is 18.5. The van der Waals surface area contributed by atoms with Crippen molar-refractivity contribution in [3.63, 3.8) is 0 Å². The van der Waals surface area contributed by atoms with Gasteiger partial charge < -0.3 is 9.88 Å². The Morgan fingerprint density at radius 3 is 3.10 bits per heavy atom. The van der Waals surface area contributed by atoms with E-state index in [1.807, 2.05) is 0 Å². The normalized spacial score (nSPS) is 16.2. The van der Waals surface area contributed by atoms with Crippen LogP contribution in [0.25, 0.3) is 15.7 Å². The van der Waals surface area contributed by atoms with E-state index >= 15 is 0 Å². The van der Waals surface area contributed by atoms with Gasteiger partial charge in [0.1, 0.15) is 16.9 Å². The molecule has 1 amide bonds. The summed E-state index contributed by atoms with van der Waals surface area (Å²) in [5.74, 6) is -0.523. The van der Waals surface area contributed by atoms with Crippen LogP contribution in [0.1, 0.15) is 32.8 Å². The Balaban J connectivity index is 1.50. The number of hydrogen-bond acceptors (Lipinski definition) is 5. The van der Waals surface area contributed by atoms with Crippen molar-refractivity contribution in [1.29, 1.82) is 0 Å². The number of imidazole rings is 1. The first-order valence-electron chi connectivity index (χ1n) is 9.61. The number of nitrogens with one attached hydrogen (secondary N) is 1. The maximum atomic E-state index is 14.3. The van der Waals surface area contributed by atoms with E-state index in [9.17, 15) is 9.18 Å². The number of H-pyrrole nitrogens is 1. The Morgan fingerprint density at radius 2 is 2.23 bits per heavy atom. The topological polar surface area (TPSA) is 79.2 Å². The van der Waals surface area contributed by atoms with Gasteiger partial charge in [-0.2, -0.15) is 5.10 Å². The van der Waals surface area contributed by atoms with E-state index < -0.39 is 6.04 Å². The summed E-state index contributed by atoms with van der Waals surface area (Å²) in [4.78, 5) is 27.7. The lowest BCUT2D eigenvalue weighted by atomic mass is 10.0. The van der Waals surface area contributed by atoms with Crippen LogP contribution in [0.4, 0.5) is 4.39 Å². The van der Waals surface area contributed by atoms with Crippen molar-refractivity contribution in [3.05, 3.63) is 81.9 Å². The fourth-order valence-electron chi connectivity index (χ4n) is 4.07. The first-order chi connectivity index (χ1) is 15.1. The number of amides is 1. The van der Waals surface area contributed by atoms with E-state index in [1.54, 1.807) is 52.4 Å². The average Bonchev–Trinajstić information content (AvgIpc) is 3.50. The molecule has 1 N–H and O–H groups in total. The highest BCUT2D eigenvalue weighted by atomic mass is 35.5. The fourth-order valence-corrected chi connectivity index (χ4v) is 5.32. The van der Waals surface area contributed by atoms with Crippen molar-refractivity contribution >= 4 is 44.6 Å². The molecule has 0 bridgehead atoms. The molecule has 1 atom stereocenters. The molecule has 154 valence electrons. The summed E-state index contributed by atoms with van der Waals surface area (Å²) in [7, 11) is 0. The maximum Gasteiger partial charge on any atom is 0.258 e. The monoisotopic (exact) mass is 452 g/mol. The second kappa shape index (κ2) is 6.86. The maximum absolute atomic E-state index is 14.3. The standard InChI is InChI=1S/C21H14ClFN6OS/c22-11-4-7-29-16(8-11)12(9-26-29)21(30)28-6-5-14-17(25-10-24-14)18(28)20-27-15-3-1-2-13(23)19(15)31-20/h1-4,7-10,18H,5-6H2,(H,24,25)/t18-/m0/s1. The number of pyridine rings is 1. The summed E-state index contributed by atoms with van der Waals surface area (Å²) in [6.07, 6.45) is 5.51. The molecule has 0 saturated carbocycles. The molecule has 1 aliphatic heterocycles. The molecule has 0 aliphatic carbocycles. The number of carbonyl (C=O) groups excluding carboxylic acids is 1.